The number of hydrogen-bond acceptors (Lipinski definition) is 3. The van der Waals surface area contributed by atoms with Gasteiger partial charge in [0.25, 0.3) is 0 Å². The molecule has 2 aromatic heterocycles. The maximum Gasteiger partial charge on any atom is 0.228 e. The van der Waals surface area contributed by atoms with Gasteiger partial charge in [-0.25, -0.2) is 4.98 Å². The molecular weight excluding hydrogens is 288 g/mol. The summed E-state index contributed by atoms with van der Waals surface area (Å²) in [6.45, 7) is 0. The molecule has 4 rings (SSSR count). The largest absolute Gasteiger partial charge is 0.388 e. The van der Waals surface area contributed by atoms with Crippen molar-refractivity contribution in [3.8, 4) is 11.1 Å². The molecule has 23 heavy (non-hydrogen) atoms. The molecule has 1 aliphatic rings. The molecule has 1 fully saturated rings. The molecule has 0 atom stereocenters. The Balaban J connectivity index is 1.76. The fraction of sp³-hybridized carbons (Fsp3) is 0.222. The maximum atomic E-state index is 12.0. The van der Waals surface area contributed by atoms with Crippen LogP contribution >= 0.6 is 0 Å². The van der Waals surface area contributed by atoms with Gasteiger partial charge in [0.1, 0.15) is 11.5 Å². The van der Waals surface area contributed by atoms with Crippen LogP contribution in [0.2, 0.25) is 0 Å². The Morgan fingerprint density at radius 3 is 2.70 bits per heavy atom. The Bertz CT molecular complexity index is 862. The highest BCUT2D eigenvalue weighted by molar-refractivity contribution is 5.99. The Kier molecular flexibility index (Phi) is 3.26. The Labute approximate surface area is 134 Å². The monoisotopic (exact) mass is 306 g/mol. The molecule has 1 amide bonds. The first-order valence-electron chi connectivity index (χ1n) is 7.82. The lowest BCUT2D eigenvalue weighted by Gasteiger charge is -2.09. The quantitative estimate of drug-likeness (QED) is 0.689. The minimum Gasteiger partial charge on any atom is -0.388 e. The number of benzene rings is 1. The molecule has 0 bridgehead atoms. The summed E-state index contributed by atoms with van der Waals surface area (Å²) in [6, 6.07) is 12.2. The van der Waals surface area contributed by atoms with Gasteiger partial charge in [-0.1, -0.05) is 12.1 Å². The summed E-state index contributed by atoms with van der Waals surface area (Å²) in [6.07, 6.45) is 3.83. The minimum atomic E-state index is 0.0693. The molecule has 0 spiro atoms. The molecule has 1 aromatic carbocycles. The zero-order chi connectivity index (χ0) is 15.8. The first-order chi connectivity index (χ1) is 11.2. The third-order valence-electron chi connectivity index (χ3n) is 4.21. The number of nitrogens with one attached hydrogen (secondary N) is 3. The van der Waals surface area contributed by atoms with E-state index in [1.165, 1.54) is 0 Å². The van der Waals surface area contributed by atoms with Crippen LogP contribution in [0.25, 0.3) is 22.2 Å². The highest BCUT2D eigenvalue weighted by Gasteiger charge is 2.30. The van der Waals surface area contributed by atoms with E-state index in [0.717, 1.165) is 40.7 Å². The topological polar surface area (TPSA) is 69.8 Å². The Morgan fingerprint density at radius 1 is 1.22 bits per heavy atom. The highest BCUT2D eigenvalue weighted by atomic mass is 16.2. The molecule has 3 aromatic rings. The third-order valence-corrected chi connectivity index (χ3v) is 4.21. The molecule has 3 N–H and O–H groups in total. The number of pyridine rings is 1. The zero-order valence-corrected chi connectivity index (χ0v) is 12.9. The number of aromatic amines is 1. The van der Waals surface area contributed by atoms with E-state index in [9.17, 15) is 4.79 Å². The third kappa shape index (κ3) is 2.65. The standard InChI is InChI=1S/C18H18N4O/c1-19-13-6-4-11(5-7-13)15-10-16(22-18(23)12-2-3-12)21-17-14(15)8-9-20-17/h4-10,12,19H,2-3H2,1H3,(H2,20,21,22,23). The summed E-state index contributed by atoms with van der Waals surface area (Å²) in [4.78, 5) is 19.7. The molecule has 2 heterocycles. The van der Waals surface area contributed by atoms with Gasteiger partial charge in [-0.2, -0.15) is 0 Å². The summed E-state index contributed by atoms with van der Waals surface area (Å²) in [7, 11) is 1.90. The molecule has 0 unspecified atom stereocenters. The van der Waals surface area contributed by atoms with E-state index in [1.807, 2.05) is 37.5 Å². The smallest absolute Gasteiger partial charge is 0.228 e. The number of carbonyl (C=O) groups excluding carboxylic acids is 1. The van der Waals surface area contributed by atoms with Gasteiger partial charge >= 0.3 is 0 Å². The fourth-order valence-corrected chi connectivity index (χ4v) is 2.73. The van der Waals surface area contributed by atoms with Crippen LogP contribution in [0.3, 0.4) is 0 Å². The lowest BCUT2D eigenvalue weighted by atomic mass is 10.0. The second-order valence-corrected chi connectivity index (χ2v) is 5.89. The van der Waals surface area contributed by atoms with Gasteiger partial charge in [0.15, 0.2) is 0 Å². The van der Waals surface area contributed by atoms with Crippen molar-refractivity contribution in [3.05, 3.63) is 42.6 Å². The van der Waals surface area contributed by atoms with Crippen LogP contribution in [-0.4, -0.2) is 22.9 Å². The van der Waals surface area contributed by atoms with E-state index >= 15 is 0 Å². The van der Waals surface area contributed by atoms with Gasteiger partial charge in [0.2, 0.25) is 5.91 Å². The first kappa shape index (κ1) is 13.8. The lowest BCUT2D eigenvalue weighted by molar-refractivity contribution is -0.117. The van der Waals surface area contributed by atoms with Crippen molar-refractivity contribution in [2.45, 2.75) is 12.8 Å². The molecular formula is C18H18N4O. The van der Waals surface area contributed by atoms with E-state index in [4.69, 9.17) is 0 Å². The molecule has 1 aliphatic carbocycles. The van der Waals surface area contributed by atoms with Gasteiger partial charge < -0.3 is 15.6 Å². The van der Waals surface area contributed by atoms with Crippen LogP contribution in [0.1, 0.15) is 12.8 Å². The number of anilines is 2. The van der Waals surface area contributed by atoms with E-state index in [0.29, 0.717) is 5.82 Å². The maximum absolute atomic E-state index is 12.0. The molecule has 116 valence electrons. The average molecular weight is 306 g/mol. The first-order valence-corrected chi connectivity index (χ1v) is 7.82. The van der Waals surface area contributed by atoms with Gasteiger partial charge in [0, 0.05) is 30.2 Å². The Hall–Kier alpha value is -2.82. The average Bonchev–Trinajstić information content (AvgIpc) is 3.33. The van der Waals surface area contributed by atoms with Crippen molar-refractivity contribution in [1.82, 2.24) is 9.97 Å². The van der Waals surface area contributed by atoms with E-state index < -0.39 is 0 Å². The number of amides is 1. The van der Waals surface area contributed by atoms with Gasteiger partial charge in [-0.05, 0) is 48.2 Å². The molecule has 5 heteroatoms. The van der Waals surface area contributed by atoms with Crippen molar-refractivity contribution in [2.24, 2.45) is 5.92 Å². The van der Waals surface area contributed by atoms with Crippen LogP contribution in [0, 0.1) is 5.92 Å². The van der Waals surface area contributed by atoms with Crippen molar-refractivity contribution in [2.75, 3.05) is 17.7 Å². The van der Waals surface area contributed by atoms with Gasteiger partial charge in [0.05, 0.1) is 0 Å². The van der Waals surface area contributed by atoms with Crippen LogP contribution in [0.15, 0.2) is 42.6 Å². The van der Waals surface area contributed by atoms with Crippen LogP contribution in [0.4, 0.5) is 11.5 Å². The van der Waals surface area contributed by atoms with Crippen molar-refractivity contribution >= 4 is 28.4 Å². The molecule has 1 saturated carbocycles. The second kappa shape index (κ2) is 5.43. The number of aromatic nitrogens is 2. The fourth-order valence-electron chi connectivity index (χ4n) is 2.73. The van der Waals surface area contributed by atoms with Crippen LogP contribution < -0.4 is 10.6 Å². The van der Waals surface area contributed by atoms with Gasteiger partial charge in [-0.3, -0.25) is 4.79 Å². The van der Waals surface area contributed by atoms with Gasteiger partial charge in [-0.15, -0.1) is 0 Å². The molecule has 0 radical (unpaired) electrons. The number of rotatable bonds is 4. The predicted molar refractivity (Wildman–Crippen MR) is 92.4 cm³/mol. The van der Waals surface area contributed by atoms with E-state index in [1.54, 1.807) is 0 Å². The molecule has 0 aliphatic heterocycles. The highest BCUT2D eigenvalue weighted by Crippen LogP contribution is 2.33. The SMILES string of the molecule is CNc1ccc(-c2cc(NC(=O)C3CC3)nc3[nH]ccc23)cc1. The normalized spacial score (nSPS) is 14.0. The summed E-state index contributed by atoms with van der Waals surface area (Å²) in [5, 5.41) is 7.10. The second-order valence-electron chi connectivity index (χ2n) is 5.89. The summed E-state index contributed by atoms with van der Waals surface area (Å²) < 4.78 is 0. The number of carbonyl (C=O) groups is 1. The van der Waals surface area contributed by atoms with Crippen molar-refractivity contribution < 1.29 is 4.79 Å². The molecule has 0 saturated heterocycles. The zero-order valence-electron chi connectivity index (χ0n) is 12.9. The Morgan fingerprint density at radius 2 is 2.00 bits per heavy atom. The minimum absolute atomic E-state index is 0.0693. The lowest BCUT2D eigenvalue weighted by Crippen LogP contribution is -2.14. The number of nitrogens with zero attached hydrogens (tertiary/aromatic N) is 1. The van der Waals surface area contributed by atoms with E-state index in [-0.39, 0.29) is 11.8 Å². The number of H-pyrrole nitrogens is 1. The predicted octanol–water partition coefficient (Wildman–Crippen LogP) is 3.62. The van der Waals surface area contributed by atoms with Crippen LogP contribution in [0.5, 0.6) is 0 Å². The van der Waals surface area contributed by atoms with Crippen molar-refractivity contribution in [1.29, 1.82) is 0 Å². The van der Waals surface area contributed by atoms with Crippen LogP contribution in [-0.2, 0) is 4.79 Å². The van der Waals surface area contributed by atoms with Crippen molar-refractivity contribution in [3.63, 3.8) is 0 Å². The summed E-state index contributed by atoms with van der Waals surface area (Å²) in [5.74, 6) is 0.832. The van der Waals surface area contributed by atoms with E-state index in [2.05, 4.69) is 32.7 Å². The summed E-state index contributed by atoms with van der Waals surface area (Å²) >= 11 is 0. The molecule has 5 nitrogen and oxygen atoms in total. The summed E-state index contributed by atoms with van der Waals surface area (Å²) in [5.41, 5.74) is 4.00. The number of hydrogen-bond donors (Lipinski definition) is 3. The number of fused-ring (bicyclic) bond motifs is 1.